The van der Waals surface area contributed by atoms with Crippen LogP contribution < -0.4 is 10.1 Å². The Balaban J connectivity index is 1.67. The molecular formula is C26H27N3O4S. The van der Waals surface area contributed by atoms with Crippen molar-refractivity contribution in [1.82, 2.24) is 10.2 Å². The van der Waals surface area contributed by atoms with Gasteiger partial charge in [-0.1, -0.05) is 67.2 Å². The number of methoxy groups -OCH3 is 2. The van der Waals surface area contributed by atoms with Crippen LogP contribution in [-0.2, 0) is 20.9 Å². The highest BCUT2D eigenvalue weighted by atomic mass is 32.2. The lowest BCUT2D eigenvalue weighted by Crippen LogP contribution is -2.38. The number of ether oxygens (including phenoxy) is 2. The van der Waals surface area contributed by atoms with E-state index in [2.05, 4.69) is 5.32 Å². The fraction of sp³-hybridized carbons (Fsp3) is 0.269. The first kappa shape index (κ1) is 23.6. The van der Waals surface area contributed by atoms with E-state index in [-0.39, 0.29) is 12.3 Å². The quantitative estimate of drug-likeness (QED) is 0.563. The summed E-state index contributed by atoms with van der Waals surface area (Å²) < 4.78 is 10.8. The molecule has 2 aromatic carbocycles. The smallest absolute Gasteiger partial charge is 0.338 e. The Morgan fingerprint density at radius 3 is 2.53 bits per heavy atom. The summed E-state index contributed by atoms with van der Waals surface area (Å²) in [5, 5.41) is 5.64. The van der Waals surface area contributed by atoms with E-state index in [4.69, 9.17) is 14.5 Å². The van der Waals surface area contributed by atoms with Gasteiger partial charge < -0.3 is 19.7 Å². The van der Waals surface area contributed by atoms with Crippen LogP contribution in [0.25, 0.3) is 0 Å². The average Bonchev–Trinajstić information content (AvgIpc) is 3.28. The summed E-state index contributed by atoms with van der Waals surface area (Å²) in [6.07, 6.45) is 0.724. The first-order valence-corrected chi connectivity index (χ1v) is 11.9. The molecule has 0 aromatic heterocycles. The molecule has 0 saturated carbocycles. The maximum Gasteiger partial charge on any atom is 0.338 e. The zero-order valence-corrected chi connectivity index (χ0v) is 20.2. The highest BCUT2D eigenvalue weighted by molar-refractivity contribution is 8.16. The number of para-hydroxylation sites is 1. The molecule has 0 aliphatic carbocycles. The highest BCUT2D eigenvalue weighted by Crippen LogP contribution is 2.47. The molecule has 1 atom stereocenters. The largest absolute Gasteiger partial charge is 0.496 e. The molecule has 1 amide bonds. The highest BCUT2D eigenvalue weighted by Gasteiger charge is 2.42. The number of esters is 1. The van der Waals surface area contributed by atoms with Crippen molar-refractivity contribution in [2.75, 3.05) is 14.2 Å². The minimum atomic E-state index is -0.519. The van der Waals surface area contributed by atoms with Crippen LogP contribution in [0.3, 0.4) is 0 Å². The molecule has 8 heteroatoms. The molecule has 176 valence electrons. The van der Waals surface area contributed by atoms with Gasteiger partial charge in [0.25, 0.3) is 0 Å². The second-order valence-electron chi connectivity index (χ2n) is 7.78. The summed E-state index contributed by atoms with van der Waals surface area (Å²) in [7, 11) is 2.97. The van der Waals surface area contributed by atoms with Crippen LogP contribution >= 0.6 is 11.8 Å². The van der Waals surface area contributed by atoms with Crippen molar-refractivity contribution in [2.45, 2.75) is 32.4 Å². The van der Waals surface area contributed by atoms with Gasteiger partial charge >= 0.3 is 5.97 Å². The number of amidine groups is 1. The summed E-state index contributed by atoms with van der Waals surface area (Å²) in [6.45, 7) is 2.41. The second kappa shape index (κ2) is 10.6. The van der Waals surface area contributed by atoms with Crippen molar-refractivity contribution in [3.63, 3.8) is 0 Å². The van der Waals surface area contributed by atoms with Gasteiger partial charge in [0.2, 0.25) is 5.91 Å². The Morgan fingerprint density at radius 2 is 1.82 bits per heavy atom. The van der Waals surface area contributed by atoms with Gasteiger partial charge in [-0.05, 0) is 23.5 Å². The normalized spacial score (nSPS) is 17.0. The van der Waals surface area contributed by atoms with Gasteiger partial charge in [0.1, 0.15) is 5.75 Å². The summed E-state index contributed by atoms with van der Waals surface area (Å²) in [5.41, 5.74) is 3.73. The van der Waals surface area contributed by atoms with Crippen molar-refractivity contribution in [1.29, 1.82) is 0 Å². The number of thioether (sulfide) groups is 1. The summed E-state index contributed by atoms with van der Waals surface area (Å²) in [4.78, 5) is 32.5. The Kier molecular flexibility index (Phi) is 7.37. The number of carbonyl (C=O) groups is 2. The van der Waals surface area contributed by atoms with Crippen molar-refractivity contribution < 1.29 is 19.1 Å². The molecule has 0 unspecified atom stereocenters. The molecule has 2 aromatic rings. The molecule has 0 spiro atoms. The first-order chi connectivity index (χ1) is 16.6. The van der Waals surface area contributed by atoms with Crippen molar-refractivity contribution in [3.05, 3.63) is 88.1 Å². The number of amides is 1. The Bertz CT molecular complexity index is 1170. The van der Waals surface area contributed by atoms with Gasteiger partial charge in [-0.2, -0.15) is 0 Å². The van der Waals surface area contributed by atoms with E-state index >= 15 is 0 Å². The molecule has 2 aliphatic rings. The molecule has 2 heterocycles. The number of benzene rings is 2. The predicted molar refractivity (Wildman–Crippen MR) is 133 cm³/mol. The third-order valence-electron chi connectivity index (χ3n) is 5.74. The van der Waals surface area contributed by atoms with E-state index in [1.165, 1.54) is 18.9 Å². The van der Waals surface area contributed by atoms with Gasteiger partial charge in [-0.3, -0.25) is 4.79 Å². The third kappa shape index (κ3) is 4.72. The van der Waals surface area contributed by atoms with Crippen LogP contribution in [0.1, 0.15) is 36.9 Å². The van der Waals surface area contributed by atoms with Crippen LogP contribution in [-0.4, -0.2) is 36.2 Å². The number of allylic oxidation sites excluding steroid dienone is 1. The van der Waals surface area contributed by atoms with E-state index in [0.29, 0.717) is 30.0 Å². The average molecular weight is 478 g/mol. The number of nitrogens with zero attached hydrogens (tertiary/aromatic N) is 2. The van der Waals surface area contributed by atoms with E-state index in [9.17, 15) is 9.59 Å². The van der Waals surface area contributed by atoms with Crippen LogP contribution in [0.2, 0.25) is 0 Å². The number of hydrogen-bond acceptors (Lipinski definition) is 7. The fourth-order valence-electron chi connectivity index (χ4n) is 4.12. The van der Waals surface area contributed by atoms with Crippen LogP contribution in [0.5, 0.6) is 5.75 Å². The number of aliphatic imine (C=N–C) groups is 1. The fourth-order valence-corrected chi connectivity index (χ4v) is 5.06. The molecule has 0 saturated heterocycles. The molecule has 4 rings (SSSR count). The van der Waals surface area contributed by atoms with Crippen LogP contribution in [0.15, 0.2) is 82.0 Å². The van der Waals surface area contributed by atoms with E-state index in [1.54, 1.807) is 7.11 Å². The Morgan fingerprint density at radius 1 is 1.09 bits per heavy atom. The van der Waals surface area contributed by atoms with Crippen molar-refractivity contribution in [3.8, 4) is 5.75 Å². The van der Waals surface area contributed by atoms with Gasteiger partial charge in [0, 0.05) is 17.8 Å². The van der Waals surface area contributed by atoms with E-state index < -0.39 is 12.0 Å². The molecule has 34 heavy (non-hydrogen) atoms. The lowest BCUT2D eigenvalue weighted by molar-refractivity contribution is -0.136. The Labute approximate surface area is 203 Å². The lowest BCUT2D eigenvalue weighted by atomic mass is 9.92. The topological polar surface area (TPSA) is 80.2 Å². The van der Waals surface area contributed by atoms with Crippen molar-refractivity contribution in [2.24, 2.45) is 4.99 Å². The zero-order chi connectivity index (χ0) is 24.1. The molecule has 0 fully saturated rings. The molecule has 2 aliphatic heterocycles. The molecule has 7 nitrogen and oxygen atoms in total. The SMILES string of the molecule is CCC1=C(C(=O)OC)[C@H](c2ccccc2OC)N2C(CC(=O)NCc3ccccc3)=CSC2=N1. The third-order valence-corrected chi connectivity index (χ3v) is 6.63. The van der Waals surface area contributed by atoms with Crippen molar-refractivity contribution >= 4 is 28.8 Å². The van der Waals surface area contributed by atoms with E-state index in [1.807, 2.05) is 71.8 Å². The number of rotatable bonds is 8. The van der Waals surface area contributed by atoms with Crippen LogP contribution in [0, 0.1) is 0 Å². The predicted octanol–water partition coefficient (Wildman–Crippen LogP) is 4.54. The number of fused-ring (bicyclic) bond motifs is 1. The van der Waals surface area contributed by atoms with Crippen LogP contribution in [0.4, 0.5) is 0 Å². The maximum absolute atomic E-state index is 13.0. The van der Waals surface area contributed by atoms with Gasteiger partial charge in [-0.25, -0.2) is 9.79 Å². The minimum absolute atomic E-state index is 0.111. The maximum atomic E-state index is 13.0. The second-order valence-corrected chi connectivity index (χ2v) is 8.62. The summed E-state index contributed by atoms with van der Waals surface area (Å²) in [6, 6.07) is 16.8. The number of nitrogens with one attached hydrogen (secondary N) is 1. The summed E-state index contributed by atoms with van der Waals surface area (Å²) >= 11 is 1.45. The lowest BCUT2D eigenvalue weighted by Gasteiger charge is -2.37. The zero-order valence-electron chi connectivity index (χ0n) is 19.4. The molecular weight excluding hydrogens is 450 g/mol. The number of hydrogen-bond donors (Lipinski definition) is 1. The van der Waals surface area contributed by atoms with E-state index in [0.717, 1.165) is 22.0 Å². The van der Waals surface area contributed by atoms with Gasteiger partial charge in [0.15, 0.2) is 5.17 Å². The standard InChI is InChI=1S/C26H27N3O4S/c1-4-20-23(25(31)33-3)24(19-12-8-9-13-21(19)32-2)29-18(16-34-26(29)28-20)14-22(30)27-15-17-10-6-5-7-11-17/h5-13,16,24H,4,14-15H2,1-3H3,(H,27,30)/t24-/m0/s1. The molecule has 0 radical (unpaired) electrons. The van der Waals surface area contributed by atoms with Gasteiger partial charge in [0.05, 0.1) is 38.0 Å². The minimum Gasteiger partial charge on any atom is -0.496 e. The monoisotopic (exact) mass is 477 g/mol. The first-order valence-electron chi connectivity index (χ1n) is 11.1. The van der Waals surface area contributed by atoms with Gasteiger partial charge in [-0.15, -0.1) is 0 Å². The molecule has 0 bridgehead atoms. The molecule has 1 N–H and O–H groups in total. The summed E-state index contributed by atoms with van der Waals surface area (Å²) in [5.74, 6) is 0.0938. The number of carbonyl (C=O) groups excluding carboxylic acids is 2. The Hall–Kier alpha value is -3.52.